The Labute approximate surface area is 43.6 Å². The molecule has 2 N–H and O–H groups in total. The average molecular weight is 100 g/mol. The van der Waals surface area contributed by atoms with E-state index in [4.69, 9.17) is 10.5 Å². The fourth-order valence-electron chi connectivity index (χ4n) is 0.700. The quantitative estimate of drug-likeness (QED) is 0.514. The third kappa shape index (κ3) is 1.14. The zero-order chi connectivity index (χ0) is 5.11. The molecule has 7 heavy (non-hydrogen) atoms. The van der Waals surface area contributed by atoms with Crippen LogP contribution in [-0.4, -0.2) is 12.6 Å². The molecule has 1 atom stereocenters. The summed E-state index contributed by atoms with van der Waals surface area (Å²) in [6.07, 6.45) is 2.50. The Morgan fingerprint density at radius 1 is 1.86 bits per heavy atom. The Bertz CT molecular complexity index is 50.0. The van der Waals surface area contributed by atoms with Crippen molar-refractivity contribution in [1.82, 2.24) is 0 Å². The second-order valence-corrected chi connectivity index (χ2v) is 1.74. The monoisotopic (exact) mass is 100 g/mol. The molecule has 0 aromatic carbocycles. The van der Waals surface area contributed by atoms with Crippen LogP contribution in [0.2, 0.25) is 0 Å². The molecule has 2 nitrogen and oxygen atoms in total. The van der Waals surface area contributed by atoms with E-state index in [1.807, 2.05) is 6.61 Å². The van der Waals surface area contributed by atoms with Crippen LogP contribution in [0.15, 0.2) is 0 Å². The summed E-state index contributed by atoms with van der Waals surface area (Å²) in [4.78, 5) is 0. The first-order chi connectivity index (χ1) is 3.43. The van der Waals surface area contributed by atoms with Gasteiger partial charge in [0.2, 0.25) is 0 Å². The van der Waals surface area contributed by atoms with Crippen molar-refractivity contribution in [3.63, 3.8) is 0 Å². The fraction of sp³-hybridized carbons (Fsp3) is 0.800. The van der Waals surface area contributed by atoms with Gasteiger partial charge in [-0.05, 0) is 12.8 Å². The van der Waals surface area contributed by atoms with Crippen LogP contribution >= 0.6 is 0 Å². The minimum absolute atomic E-state index is 0.319. The maximum absolute atomic E-state index is 5.29. The zero-order valence-corrected chi connectivity index (χ0v) is 4.26. The summed E-state index contributed by atoms with van der Waals surface area (Å²) in [6.45, 7) is 2.49. The number of nitrogens with two attached hydrogens (primary N) is 1. The van der Waals surface area contributed by atoms with Gasteiger partial charge in [-0.1, -0.05) is 0 Å². The van der Waals surface area contributed by atoms with Gasteiger partial charge in [-0.2, -0.15) is 0 Å². The van der Waals surface area contributed by atoms with E-state index >= 15 is 0 Å². The van der Waals surface area contributed by atoms with E-state index < -0.39 is 0 Å². The van der Waals surface area contributed by atoms with Crippen LogP contribution in [-0.2, 0) is 4.74 Å². The highest BCUT2D eigenvalue weighted by Gasteiger charge is 2.12. The predicted molar refractivity (Wildman–Crippen MR) is 27.5 cm³/mol. The lowest BCUT2D eigenvalue weighted by atomic mass is 10.2. The average Bonchev–Trinajstić information content (AvgIpc) is 2.14. The molecule has 1 aliphatic heterocycles. The highest BCUT2D eigenvalue weighted by Crippen LogP contribution is 2.13. The highest BCUT2D eigenvalue weighted by molar-refractivity contribution is 4.71. The SMILES string of the molecule is NCC1CC[CH]O1. The fourth-order valence-corrected chi connectivity index (χ4v) is 0.700. The van der Waals surface area contributed by atoms with Crippen molar-refractivity contribution in [3.05, 3.63) is 6.61 Å². The van der Waals surface area contributed by atoms with E-state index in [2.05, 4.69) is 0 Å². The minimum Gasteiger partial charge on any atom is -0.371 e. The maximum atomic E-state index is 5.29. The summed E-state index contributed by atoms with van der Waals surface area (Å²) in [6, 6.07) is 0. The van der Waals surface area contributed by atoms with Crippen molar-refractivity contribution in [2.75, 3.05) is 6.54 Å². The largest absolute Gasteiger partial charge is 0.371 e. The molecule has 0 saturated carbocycles. The van der Waals surface area contributed by atoms with Crippen LogP contribution in [0.4, 0.5) is 0 Å². The van der Waals surface area contributed by atoms with E-state index in [1.54, 1.807) is 0 Å². The van der Waals surface area contributed by atoms with Gasteiger partial charge < -0.3 is 10.5 Å². The van der Waals surface area contributed by atoms with Gasteiger partial charge in [0.05, 0.1) is 12.7 Å². The van der Waals surface area contributed by atoms with Crippen LogP contribution in [0.5, 0.6) is 0 Å². The second kappa shape index (κ2) is 2.28. The van der Waals surface area contributed by atoms with Crippen molar-refractivity contribution in [2.45, 2.75) is 18.9 Å². The van der Waals surface area contributed by atoms with Gasteiger partial charge in [0.15, 0.2) is 0 Å². The van der Waals surface area contributed by atoms with Crippen LogP contribution in [0.3, 0.4) is 0 Å². The number of ether oxygens (including phenoxy) is 1. The smallest absolute Gasteiger partial charge is 0.0842 e. The van der Waals surface area contributed by atoms with Gasteiger partial charge in [-0.3, -0.25) is 0 Å². The molecule has 1 heterocycles. The summed E-state index contributed by atoms with van der Waals surface area (Å²) < 4.78 is 5.05. The highest BCUT2D eigenvalue weighted by atomic mass is 16.5. The van der Waals surface area contributed by atoms with E-state index in [-0.39, 0.29) is 0 Å². The molecule has 41 valence electrons. The van der Waals surface area contributed by atoms with E-state index in [9.17, 15) is 0 Å². The van der Waals surface area contributed by atoms with Gasteiger partial charge in [0.1, 0.15) is 0 Å². The Morgan fingerprint density at radius 2 is 2.71 bits per heavy atom. The lowest BCUT2D eigenvalue weighted by Crippen LogP contribution is -2.17. The predicted octanol–water partition coefficient (Wildman–Crippen LogP) is 0.286. The van der Waals surface area contributed by atoms with Gasteiger partial charge in [0, 0.05) is 6.54 Å². The minimum atomic E-state index is 0.319. The Kier molecular flexibility index (Phi) is 1.65. The summed E-state index contributed by atoms with van der Waals surface area (Å²) in [5.74, 6) is 0. The number of hydrogen-bond donors (Lipinski definition) is 1. The molecule has 0 spiro atoms. The van der Waals surface area contributed by atoms with Gasteiger partial charge in [-0.25, -0.2) is 0 Å². The zero-order valence-electron chi connectivity index (χ0n) is 4.26. The molecule has 0 bridgehead atoms. The Hall–Kier alpha value is -0.0800. The van der Waals surface area contributed by atoms with Crippen LogP contribution < -0.4 is 5.73 Å². The Morgan fingerprint density at radius 3 is 3.00 bits per heavy atom. The molecule has 1 radical (unpaired) electrons. The molecular formula is C5H10NO. The van der Waals surface area contributed by atoms with Crippen LogP contribution in [0, 0.1) is 6.61 Å². The first kappa shape index (κ1) is 5.06. The van der Waals surface area contributed by atoms with Gasteiger partial charge in [0.25, 0.3) is 0 Å². The van der Waals surface area contributed by atoms with E-state index in [0.29, 0.717) is 12.6 Å². The summed E-state index contributed by atoms with van der Waals surface area (Å²) >= 11 is 0. The number of rotatable bonds is 1. The second-order valence-electron chi connectivity index (χ2n) is 1.74. The summed E-state index contributed by atoms with van der Waals surface area (Å²) in [5.41, 5.74) is 5.29. The van der Waals surface area contributed by atoms with Crippen LogP contribution in [0.1, 0.15) is 12.8 Å². The van der Waals surface area contributed by atoms with Crippen molar-refractivity contribution in [2.24, 2.45) is 5.73 Å². The van der Waals surface area contributed by atoms with Crippen molar-refractivity contribution >= 4 is 0 Å². The molecule has 1 fully saturated rings. The Balaban J connectivity index is 2.14. The molecule has 0 aliphatic carbocycles. The van der Waals surface area contributed by atoms with Crippen molar-refractivity contribution in [1.29, 1.82) is 0 Å². The molecule has 0 aromatic heterocycles. The molecule has 0 aromatic rings. The molecule has 1 aliphatic rings. The van der Waals surface area contributed by atoms with Crippen molar-refractivity contribution in [3.8, 4) is 0 Å². The normalized spacial score (nSPS) is 31.3. The number of hydrogen-bond acceptors (Lipinski definition) is 2. The third-order valence-corrected chi connectivity index (χ3v) is 1.16. The first-order valence-electron chi connectivity index (χ1n) is 2.60. The summed E-state index contributed by atoms with van der Waals surface area (Å²) in [5, 5.41) is 0. The molecular weight excluding hydrogens is 90.1 g/mol. The van der Waals surface area contributed by atoms with E-state index in [1.165, 1.54) is 0 Å². The summed E-state index contributed by atoms with van der Waals surface area (Å²) in [7, 11) is 0. The van der Waals surface area contributed by atoms with Crippen molar-refractivity contribution < 1.29 is 4.74 Å². The van der Waals surface area contributed by atoms with Crippen LogP contribution in [0.25, 0.3) is 0 Å². The molecule has 1 saturated heterocycles. The van der Waals surface area contributed by atoms with Gasteiger partial charge >= 0.3 is 0 Å². The first-order valence-corrected chi connectivity index (χ1v) is 2.60. The molecule has 1 rings (SSSR count). The lowest BCUT2D eigenvalue weighted by Gasteiger charge is -2.01. The van der Waals surface area contributed by atoms with Gasteiger partial charge in [-0.15, -0.1) is 0 Å². The molecule has 1 unspecified atom stereocenters. The molecule has 0 amide bonds. The molecule has 2 heteroatoms. The maximum Gasteiger partial charge on any atom is 0.0842 e. The topological polar surface area (TPSA) is 35.2 Å². The standard InChI is InChI=1S/C5H10NO/c6-4-5-2-1-3-7-5/h3,5H,1-2,4,6H2. The third-order valence-electron chi connectivity index (χ3n) is 1.16. The lowest BCUT2D eigenvalue weighted by molar-refractivity contribution is 0.160. The van der Waals surface area contributed by atoms with E-state index in [0.717, 1.165) is 12.8 Å².